The Morgan fingerprint density at radius 1 is 0.400 bits per heavy atom. The highest BCUT2D eigenvalue weighted by Crippen LogP contribution is 2.43. The molecule has 0 radical (unpaired) electrons. The van der Waals surface area contributed by atoms with Gasteiger partial charge in [-0.15, -0.1) is 45.3 Å². The number of thiazole rings is 2. The zero-order chi connectivity index (χ0) is 28.1. The predicted molar refractivity (Wildman–Crippen MR) is 151 cm³/mol. The van der Waals surface area contributed by atoms with Crippen LogP contribution in [0.3, 0.4) is 0 Å². The van der Waals surface area contributed by atoms with E-state index < -0.39 is 23.5 Å². The number of rotatable bonds is 5. The second-order valence-electron chi connectivity index (χ2n) is 8.54. The fourth-order valence-electron chi connectivity index (χ4n) is 3.87. The highest BCUT2D eigenvalue weighted by molar-refractivity contribution is 7.28. The average Bonchev–Trinajstić information content (AvgIpc) is 3.73. The van der Waals surface area contributed by atoms with Gasteiger partial charge in [0.1, 0.15) is 0 Å². The van der Waals surface area contributed by atoms with Crippen LogP contribution in [0, 0.1) is 0 Å². The first-order valence-electron chi connectivity index (χ1n) is 11.5. The molecule has 0 atom stereocenters. The second kappa shape index (κ2) is 10.3. The number of aromatic nitrogens is 2. The van der Waals surface area contributed by atoms with Crippen molar-refractivity contribution in [3.63, 3.8) is 0 Å². The highest BCUT2D eigenvalue weighted by atomic mass is 32.1. The highest BCUT2D eigenvalue weighted by Gasteiger charge is 2.31. The zero-order valence-electron chi connectivity index (χ0n) is 19.9. The van der Waals surface area contributed by atoms with E-state index in [1.54, 1.807) is 12.4 Å². The number of benzene rings is 2. The molecule has 0 aliphatic carbocycles. The molecule has 0 bridgehead atoms. The molecule has 0 saturated heterocycles. The van der Waals surface area contributed by atoms with Crippen LogP contribution >= 0.6 is 45.3 Å². The van der Waals surface area contributed by atoms with E-state index in [0.717, 1.165) is 63.5 Å². The molecule has 4 aromatic heterocycles. The van der Waals surface area contributed by atoms with Crippen molar-refractivity contribution in [3.05, 3.63) is 96.3 Å². The van der Waals surface area contributed by atoms with Crippen LogP contribution in [0.5, 0.6) is 0 Å². The fourth-order valence-corrected chi connectivity index (χ4v) is 7.91. The van der Waals surface area contributed by atoms with Crippen LogP contribution in [-0.2, 0) is 12.4 Å². The second-order valence-corrected chi connectivity index (χ2v) is 12.8. The lowest BCUT2D eigenvalue weighted by atomic mass is 10.1. The molecule has 2 aromatic carbocycles. The maximum absolute atomic E-state index is 12.9. The molecule has 0 unspecified atom stereocenters. The molecule has 2 nitrogen and oxygen atoms in total. The Morgan fingerprint density at radius 2 is 0.750 bits per heavy atom. The minimum Gasteiger partial charge on any atom is -0.241 e. The molecule has 0 N–H and O–H groups in total. The van der Waals surface area contributed by atoms with Crippen LogP contribution in [0.4, 0.5) is 26.3 Å². The molecule has 6 aromatic rings. The number of alkyl halides is 6. The summed E-state index contributed by atoms with van der Waals surface area (Å²) < 4.78 is 77.2. The first-order chi connectivity index (χ1) is 19.0. The van der Waals surface area contributed by atoms with E-state index in [2.05, 4.69) is 9.97 Å². The summed E-state index contributed by atoms with van der Waals surface area (Å²) in [7, 11) is 0. The van der Waals surface area contributed by atoms with Crippen LogP contribution in [-0.4, -0.2) is 9.97 Å². The number of thiophene rings is 2. The van der Waals surface area contributed by atoms with Crippen molar-refractivity contribution in [2.75, 3.05) is 0 Å². The summed E-state index contributed by atoms with van der Waals surface area (Å²) in [6, 6.07) is 17.8. The molecule has 6 rings (SSSR count). The van der Waals surface area contributed by atoms with Gasteiger partial charge in [0.25, 0.3) is 0 Å². The van der Waals surface area contributed by atoms with Gasteiger partial charge in [-0.1, -0.05) is 24.3 Å². The van der Waals surface area contributed by atoms with Gasteiger partial charge in [0.05, 0.1) is 20.9 Å². The van der Waals surface area contributed by atoms with Crippen LogP contribution in [0.2, 0.25) is 0 Å². The number of nitrogens with zero attached hydrogens (tertiary/aromatic N) is 2. The summed E-state index contributed by atoms with van der Waals surface area (Å²) in [6.45, 7) is 0. The molecule has 0 aliphatic rings. The molecule has 0 saturated carbocycles. The summed E-state index contributed by atoms with van der Waals surface area (Å²) in [5, 5.41) is 1.49. The zero-order valence-corrected chi connectivity index (χ0v) is 23.1. The van der Waals surface area contributed by atoms with Gasteiger partial charge in [-0.25, -0.2) is 9.97 Å². The molecule has 12 heteroatoms. The summed E-state index contributed by atoms with van der Waals surface area (Å²) in [4.78, 5) is 14.5. The average molecular weight is 621 g/mol. The van der Waals surface area contributed by atoms with E-state index in [4.69, 9.17) is 0 Å². The third kappa shape index (κ3) is 5.49. The lowest BCUT2D eigenvalue weighted by molar-refractivity contribution is -0.138. The Kier molecular flexibility index (Phi) is 6.89. The van der Waals surface area contributed by atoms with Crippen molar-refractivity contribution < 1.29 is 26.3 Å². The summed E-state index contributed by atoms with van der Waals surface area (Å²) in [5.41, 5.74) is 0.0675. The van der Waals surface area contributed by atoms with Crippen LogP contribution in [0.15, 0.2) is 85.2 Å². The van der Waals surface area contributed by atoms with Crippen molar-refractivity contribution in [2.45, 2.75) is 12.4 Å². The van der Waals surface area contributed by atoms with Crippen LogP contribution in [0.25, 0.3) is 50.4 Å². The van der Waals surface area contributed by atoms with Crippen molar-refractivity contribution in [1.82, 2.24) is 9.97 Å². The minimum absolute atomic E-state index is 0.679. The molecule has 40 heavy (non-hydrogen) atoms. The lowest BCUT2D eigenvalue weighted by Gasteiger charge is -2.06. The Morgan fingerprint density at radius 3 is 1.10 bits per heavy atom. The van der Waals surface area contributed by atoms with E-state index >= 15 is 0 Å². The standard InChI is InChI=1S/C28H14F6N2S4/c29-27(30,31)17-5-1-15(2-6-17)19-9-11-21(37-19)23-13-35-25(39-23)26-36-14-24(40-26)22-12-10-20(38-22)16-3-7-18(8-4-16)28(32,33)34/h1-14H. The predicted octanol–water partition coefficient (Wildman–Crippen LogP) is 11.1. The van der Waals surface area contributed by atoms with Crippen molar-refractivity contribution in [2.24, 2.45) is 0 Å². The SMILES string of the molecule is FC(F)(F)c1ccc(-c2ccc(-c3cnc(-c4ncc(-c5ccc(-c6ccc(C(F)(F)F)cc6)s5)s4)s3)s2)cc1. The van der Waals surface area contributed by atoms with Crippen molar-refractivity contribution >= 4 is 45.3 Å². The summed E-state index contributed by atoms with van der Waals surface area (Å²) in [5.74, 6) is 0. The van der Waals surface area contributed by atoms with E-state index in [1.165, 1.54) is 69.6 Å². The largest absolute Gasteiger partial charge is 0.416 e. The van der Waals surface area contributed by atoms with Crippen LogP contribution in [0.1, 0.15) is 11.1 Å². The van der Waals surface area contributed by atoms with Crippen molar-refractivity contribution in [3.8, 4) is 50.4 Å². The molecule has 0 aliphatic heterocycles. The Hall–Kier alpha value is -3.32. The van der Waals surface area contributed by atoms with Crippen LogP contribution < -0.4 is 0 Å². The molecule has 4 heterocycles. The third-order valence-electron chi connectivity index (χ3n) is 5.89. The Labute approximate surface area is 239 Å². The minimum atomic E-state index is -4.37. The quantitative estimate of drug-likeness (QED) is 0.179. The maximum atomic E-state index is 12.9. The van der Waals surface area contributed by atoms with Gasteiger partial charge < -0.3 is 0 Å². The van der Waals surface area contributed by atoms with Gasteiger partial charge in [0, 0.05) is 31.9 Å². The van der Waals surface area contributed by atoms with E-state index in [1.807, 2.05) is 24.3 Å². The third-order valence-corrected chi connectivity index (χ3v) is 10.7. The van der Waals surface area contributed by atoms with Gasteiger partial charge >= 0.3 is 12.4 Å². The van der Waals surface area contributed by atoms with Gasteiger partial charge in [0.2, 0.25) is 0 Å². The van der Waals surface area contributed by atoms with Crippen molar-refractivity contribution in [1.29, 1.82) is 0 Å². The van der Waals surface area contributed by atoms with Gasteiger partial charge in [-0.05, 0) is 59.7 Å². The van der Waals surface area contributed by atoms with E-state index in [-0.39, 0.29) is 0 Å². The van der Waals surface area contributed by atoms with E-state index in [9.17, 15) is 26.3 Å². The maximum Gasteiger partial charge on any atom is 0.416 e. The summed E-state index contributed by atoms with van der Waals surface area (Å²) in [6.07, 6.45) is -5.22. The number of hydrogen-bond acceptors (Lipinski definition) is 6. The normalized spacial score (nSPS) is 12.2. The first kappa shape index (κ1) is 26.9. The van der Waals surface area contributed by atoms with Gasteiger partial charge in [0.15, 0.2) is 10.0 Å². The van der Waals surface area contributed by atoms with Gasteiger partial charge in [-0.2, -0.15) is 26.3 Å². The Balaban J connectivity index is 1.18. The van der Waals surface area contributed by atoms with E-state index in [0.29, 0.717) is 11.1 Å². The number of hydrogen-bond donors (Lipinski definition) is 0. The smallest absolute Gasteiger partial charge is 0.241 e. The lowest BCUT2D eigenvalue weighted by Crippen LogP contribution is -2.03. The summed E-state index contributed by atoms with van der Waals surface area (Å²) >= 11 is 5.91. The molecule has 0 spiro atoms. The molecule has 202 valence electrons. The molecule has 0 fully saturated rings. The number of halogens is 6. The molecular weight excluding hydrogens is 607 g/mol. The first-order valence-corrected chi connectivity index (χ1v) is 14.8. The molecular formula is C28H14F6N2S4. The molecule has 0 amide bonds. The Bertz CT molecular complexity index is 1640. The fraction of sp³-hybridized carbons (Fsp3) is 0.0714. The monoisotopic (exact) mass is 620 g/mol. The van der Waals surface area contributed by atoms with Gasteiger partial charge in [-0.3, -0.25) is 0 Å². The topological polar surface area (TPSA) is 25.8 Å².